The number of imidazole rings is 1. The van der Waals surface area contributed by atoms with E-state index in [1.165, 1.54) is 32.7 Å². The predicted molar refractivity (Wildman–Crippen MR) is 114 cm³/mol. The summed E-state index contributed by atoms with van der Waals surface area (Å²) >= 11 is 1.35. The van der Waals surface area contributed by atoms with Crippen LogP contribution >= 0.6 is 11.3 Å². The number of nitrogens with zero attached hydrogens (tertiary/aromatic N) is 4. The summed E-state index contributed by atoms with van der Waals surface area (Å²) in [6.45, 7) is 3.47. The Balaban J connectivity index is 1.41. The molecule has 9 nitrogen and oxygen atoms in total. The minimum Gasteiger partial charge on any atom is -0.494 e. The fourth-order valence-corrected chi connectivity index (χ4v) is 5.70. The van der Waals surface area contributed by atoms with Crippen LogP contribution in [0.2, 0.25) is 0 Å². The van der Waals surface area contributed by atoms with Gasteiger partial charge in [0.25, 0.3) is 10.0 Å². The number of ether oxygens (including phenoxy) is 1. The molecule has 1 aliphatic rings. The minimum absolute atomic E-state index is 0.0272. The zero-order valence-electron chi connectivity index (χ0n) is 16.6. The smallest absolute Gasteiger partial charge is 0.262 e. The first-order valence-electron chi connectivity index (χ1n) is 9.81. The maximum atomic E-state index is 12.7. The number of rotatable bonds is 7. The van der Waals surface area contributed by atoms with Crippen molar-refractivity contribution in [3.8, 4) is 5.75 Å². The third-order valence-electron chi connectivity index (χ3n) is 4.77. The van der Waals surface area contributed by atoms with Gasteiger partial charge in [-0.25, -0.2) is 18.4 Å². The van der Waals surface area contributed by atoms with E-state index in [0.717, 1.165) is 35.2 Å². The molecule has 2 aromatic heterocycles. The third kappa shape index (κ3) is 4.47. The molecule has 0 radical (unpaired) electrons. The number of sulfonamides is 1. The fourth-order valence-electron chi connectivity index (χ4n) is 3.34. The molecule has 1 aliphatic heterocycles. The molecule has 0 unspecified atom stereocenters. The van der Waals surface area contributed by atoms with Crippen LogP contribution in [-0.4, -0.2) is 52.9 Å². The summed E-state index contributed by atoms with van der Waals surface area (Å²) in [7, 11) is -3.61. The predicted octanol–water partition coefficient (Wildman–Crippen LogP) is 2.70. The van der Waals surface area contributed by atoms with E-state index < -0.39 is 10.0 Å². The largest absolute Gasteiger partial charge is 0.494 e. The first-order chi connectivity index (χ1) is 14.5. The summed E-state index contributed by atoms with van der Waals surface area (Å²) in [5.74, 6) is 0.450. The molecule has 0 aliphatic carbocycles. The number of thiazole rings is 1. The first kappa shape index (κ1) is 20.8. The highest BCUT2D eigenvalue weighted by atomic mass is 32.2. The zero-order valence-corrected chi connectivity index (χ0v) is 18.2. The minimum atomic E-state index is -3.61. The Morgan fingerprint density at radius 1 is 1.27 bits per heavy atom. The van der Waals surface area contributed by atoms with Crippen molar-refractivity contribution in [2.45, 2.75) is 37.8 Å². The molecule has 0 atom stereocenters. The van der Waals surface area contributed by atoms with E-state index in [2.05, 4.69) is 15.3 Å². The average molecular weight is 450 g/mol. The number of nitrogens with one attached hydrogen (secondary N) is 1. The van der Waals surface area contributed by atoms with Gasteiger partial charge in [0.05, 0.1) is 23.2 Å². The highest BCUT2D eigenvalue weighted by Gasteiger charge is 2.28. The zero-order chi connectivity index (χ0) is 21.1. The maximum absolute atomic E-state index is 12.7. The summed E-state index contributed by atoms with van der Waals surface area (Å²) in [5.41, 5.74) is 0.774. The van der Waals surface area contributed by atoms with Crippen LogP contribution in [0.25, 0.3) is 10.2 Å². The van der Waals surface area contributed by atoms with Crippen LogP contribution in [0.4, 0.5) is 5.13 Å². The Hall–Kier alpha value is -2.50. The Kier molecular flexibility index (Phi) is 6.02. The molecular formula is C19H23N5O4S2. The molecular weight excluding hydrogens is 426 g/mol. The van der Waals surface area contributed by atoms with Crippen LogP contribution in [0.1, 0.15) is 26.2 Å². The Morgan fingerprint density at radius 2 is 2.07 bits per heavy atom. The van der Waals surface area contributed by atoms with Crippen LogP contribution in [-0.2, 0) is 21.4 Å². The van der Waals surface area contributed by atoms with Crippen molar-refractivity contribution >= 4 is 42.6 Å². The highest BCUT2D eigenvalue weighted by Crippen LogP contribution is 2.29. The van der Waals surface area contributed by atoms with E-state index >= 15 is 0 Å². The lowest BCUT2D eigenvalue weighted by Gasteiger charge is -2.24. The van der Waals surface area contributed by atoms with Crippen molar-refractivity contribution in [3.63, 3.8) is 0 Å². The number of anilines is 1. The number of benzene rings is 1. The molecule has 11 heteroatoms. The molecule has 1 fully saturated rings. The van der Waals surface area contributed by atoms with Crippen LogP contribution in [0.3, 0.4) is 0 Å². The van der Waals surface area contributed by atoms with Crippen molar-refractivity contribution in [2.24, 2.45) is 0 Å². The molecule has 0 spiro atoms. The van der Waals surface area contributed by atoms with Gasteiger partial charge in [0, 0.05) is 19.3 Å². The lowest BCUT2D eigenvalue weighted by atomic mass is 10.2. The van der Waals surface area contributed by atoms with E-state index in [4.69, 9.17) is 4.74 Å². The topological polar surface area (TPSA) is 106 Å². The quantitative estimate of drug-likeness (QED) is 0.594. The number of carbonyl (C=O) groups excluding carboxylic acids is 1. The molecule has 3 heterocycles. The number of hydrogen-bond donors (Lipinski definition) is 1. The lowest BCUT2D eigenvalue weighted by molar-refractivity contribution is -0.116. The molecule has 0 bridgehead atoms. The molecule has 1 amide bonds. The van der Waals surface area contributed by atoms with Crippen molar-refractivity contribution < 1.29 is 17.9 Å². The number of amides is 1. The molecule has 1 N–H and O–H groups in total. The highest BCUT2D eigenvalue weighted by molar-refractivity contribution is 7.89. The fraction of sp³-hybridized carbons (Fsp3) is 0.421. The van der Waals surface area contributed by atoms with Gasteiger partial charge in [-0.15, -0.1) is 0 Å². The second-order valence-electron chi connectivity index (χ2n) is 6.98. The summed E-state index contributed by atoms with van der Waals surface area (Å²) < 4.78 is 34.7. The average Bonchev–Trinajstić information content (AvgIpc) is 3.35. The van der Waals surface area contributed by atoms with Gasteiger partial charge in [-0.2, -0.15) is 4.31 Å². The van der Waals surface area contributed by atoms with Gasteiger partial charge in [0.15, 0.2) is 10.2 Å². The Labute approximate surface area is 178 Å². The van der Waals surface area contributed by atoms with Crippen molar-refractivity contribution in [3.05, 3.63) is 30.7 Å². The van der Waals surface area contributed by atoms with E-state index in [0.29, 0.717) is 24.8 Å². The van der Waals surface area contributed by atoms with E-state index in [1.54, 1.807) is 0 Å². The normalized spacial score (nSPS) is 15.4. The number of fused-ring (bicyclic) bond motifs is 1. The lowest BCUT2D eigenvalue weighted by Crippen LogP contribution is -2.35. The SMILES string of the molecule is CCOc1ccc2nc(NC(=O)Cn3cnc(S(=O)(=O)N4CCCCC4)c3)sc2c1. The monoisotopic (exact) mass is 449 g/mol. The van der Waals surface area contributed by atoms with Crippen molar-refractivity contribution in [1.29, 1.82) is 0 Å². The molecule has 0 saturated carbocycles. The summed E-state index contributed by atoms with van der Waals surface area (Å²) in [5, 5.41) is 3.21. The number of aromatic nitrogens is 3. The van der Waals surface area contributed by atoms with Gasteiger partial charge in [-0.1, -0.05) is 17.8 Å². The Morgan fingerprint density at radius 3 is 2.83 bits per heavy atom. The van der Waals surface area contributed by atoms with Crippen LogP contribution in [0.5, 0.6) is 5.75 Å². The maximum Gasteiger partial charge on any atom is 0.262 e. The molecule has 4 rings (SSSR count). The second-order valence-corrected chi connectivity index (χ2v) is 9.89. The van der Waals surface area contributed by atoms with Gasteiger partial charge >= 0.3 is 0 Å². The van der Waals surface area contributed by atoms with Gasteiger partial charge in [0.1, 0.15) is 12.3 Å². The van der Waals surface area contributed by atoms with E-state index in [9.17, 15) is 13.2 Å². The van der Waals surface area contributed by atoms with E-state index in [1.807, 2.05) is 25.1 Å². The standard InChI is InChI=1S/C19H23N5O4S2/c1-2-28-14-6-7-15-16(10-14)29-19(21-15)22-17(25)11-23-12-18(20-13-23)30(26,27)24-8-4-3-5-9-24/h6-7,10,12-13H,2-5,8-9,11H2,1H3,(H,21,22,25). The first-order valence-corrected chi connectivity index (χ1v) is 12.1. The van der Waals surface area contributed by atoms with Crippen molar-refractivity contribution in [1.82, 2.24) is 18.8 Å². The summed E-state index contributed by atoms with van der Waals surface area (Å²) in [4.78, 5) is 20.8. The molecule has 30 heavy (non-hydrogen) atoms. The van der Waals surface area contributed by atoms with Crippen LogP contribution < -0.4 is 10.1 Å². The third-order valence-corrected chi connectivity index (χ3v) is 7.49. The van der Waals surface area contributed by atoms with Crippen LogP contribution in [0, 0.1) is 0 Å². The summed E-state index contributed by atoms with van der Waals surface area (Å²) in [6, 6.07) is 5.58. The second kappa shape index (κ2) is 8.70. The number of piperidine rings is 1. The number of carbonyl (C=O) groups is 1. The number of hydrogen-bond acceptors (Lipinski definition) is 7. The molecule has 1 saturated heterocycles. The van der Waals surface area contributed by atoms with Crippen LogP contribution in [0.15, 0.2) is 35.7 Å². The Bertz CT molecular complexity index is 1150. The molecule has 160 valence electrons. The van der Waals surface area contributed by atoms with Crippen molar-refractivity contribution in [2.75, 3.05) is 25.0 Å². The van der Waals surface area contributed by atoms with E-state index in [-0.39, 0.29) is 17.5 Å². The van der Waals surface area contributed by atoms with Gasteiger partial charge in [0.2, 0.25) is 5.91 Å². The summed E-state index contributed by atoms with van der Waals surface area (Å²) in [6.07, 6.45) is 5.52. The molecule has 1 aromatic carbocycles. The van der Waals surface area contributed by atoms with Gasteiger partial charge in [-0.3, -0.25) is 4.79 Å². The van der Waals surface area contributed by atoms with Gasteiger partial charge in [-0.05, 0) is 38.0 Å². The molecule has 3 aromatic rings. The van der Waals surface area contributed by atoms with Gasteiger partial charge < -0.3 is 14.6 Å².